The van der Waals surface area contributed by atoms with Crippen LogP contribution < -0.4 is 32.3 Å². The minimum Gasteiger partial charge on any atom is -0.399 e. The van der Waals surface area contributed by atoms with Crippen LogP contribution >= 0.6 is 23.2 Å². The van der Waals surface area contributed by atoms with Crippen LogP contribution in [0, 0.1) is 0 Å². The van der Waals surface area contributed by atoms with E-state index in [2.05, 4.69) is 52.3 Å². The van der Waals surface area contributed by atoms with Crippen molar-refractivity contribution in [2.75, 3.05) is 21.7 Å². The average molecular weight is 1070 g/mol. The van der Waals surface area contributed by atoms with Crippen molar-refractivity contribution in [2.45, 2.75) is 95.1 Å². The highest BCUT2D eigenvalue weighted by Crippen LogP contribution is 2.36. The summed E-state index contributed by atoms with van der Waals surface area (Å²) < 4.78 is 66.5. The van der Waals surface area contributed by atoms with E-state index in [1.165, 1.54) is 36.0 Å². The third-order valence-electron chi connectivity index (χ3n) is 12.9. The number of halogens is 7. The van der Waals surface area contributed by atoms with Gasteiger partial charge in [0.2, 0.25) is 11.9 Å². The zero-order valence-electron chi connectivity index (χ0n) is 39.2. The maximum atomic E-state index is 14.7. The Morgan fingerprint density at radius 2 is 1.16 bits per heavy atom. The standard InChI is InChI=1S/C28H24ClF4N5O2.C25H24ClFN6O.CH4/c29-23-14-34-27(38-24(23)22-10-7-15-3-1-2-4-21(15)22)37-20-12-17(30)11-19(13-20)35-25(39)16-5-8-18(9-6-16)36-26(40)28(31,32)33;26-21-13-30-25(33-23(21)20-12-29-22-4-2-1-3-19(20)22)32-18-10-15(27)9-17(11-18)31-24(34)14-5-7-16(28)8-6-14;/h1-6,8-10,14,17,19-20H,7,11-13H2,(H,35,39)(H,36,40)(H,34,37,38);1-8,12-13,15,17-18,29H,9-11,28H2,(H,31,34)(H,30,32,33);1H4. The molecule has 6 unspecified atom stereocenters. The molecule has 3 aliphatic rings. The smallest absolute Gasteiger partial charge is 0.399 e. The van der Waals surface area contributed by atoms with Gasteiger partial charge >= 0.3 is 12.1 Å². The summed E-state index contributed by atoms with van der Waals surface area (Å²) in [4.78, 5) is 57.5. The fourth-order valence-electron chi connectivity index (χ4n) is 9.44. The number of para-hydroxylation sites is 1. The Kier molecular flexibility index (Phi) is 16.6. The lowest BCUT2D eigenvalue weighted by molar-refractivity contribution is -0.167. The maximum Gasteiger partial charge on any atom is 0.471 e. The number of nitrogen functional groups attached to an aromatic ring is 1. The number of alkyl halides is 5. The molecular weight excluding hydrogens is 1020 g/mol. The predicted molar refractivity (Wildman–Crippen MR) is 282 cm³/mol. The molecule has 0 spiro atoms. The number of benzene rings is 4. The van der Waals surface area contributed by atoms with Crippen LogP contribution in [0.2, 0.25) is 10.0 Å². The van der Waals surface area contributed by atoms with E-state index in [0.29, 0.717) is 63.8 Å². The van der Waals surface area contributed by atoms with Crippen molar-refractivity contribution >= 4 is 80.7 Å². The second-order valence-corrected chi connectivity index (χ2v) is 19.1. The zero-order chi connectivity index (χ0) is 52.1. The Labute approximate surface area is 438 Å². The molecule has 390 valence electrons. The Hall–Kier alpha value is -7.64. The van der Waals surface area contributed by atoms with Crippen LogP contribution in [-0.2, 0) is 11.2 Å². The summed E-state index contributed by atoms with van der Waals surface area (Å²) in [7, 11) is 0. The summed E-state index contributed by atoms with van der Waals surface area (Å²) in [6.45, 7) is 0. The molecule has 4 aromatic carbocycles. The molecule has 0 bridgehead atoms. The molecule has 14 nitrogen and oxygen atoms in total. The number of fused-ring (bicyclic) bond motifs is 2. The number of nitrogens with one attached hydrogen (secondary N) is 6. The van der Waals surface area contributed by atoms with Crippen molar-refractivity contribution in [3.63, 3.8) is 0 Å². The topological polar surface area (TPSA) is 205 Å². The molecule has 0 aliphatic heterocycles. The molecule has 3 aromatic heterocycles. The quantitative estimate of drug-likeness (QED) is 0.0482. The Morgan fingerprint density at radius 3 is 1.76 bits per heavy atom. The number of carbonyl (C=O) groups excluding carboxylic acids is 3. The van der Waals surface area contributed by atoms with Crippen LogP contribution in [-0.4, -0.2) is 85.3 Å². The maximum absolute atomic E-state index is 14.7. The molecule has 0 radical (unpaired) electrons. The number of aromatic nitrogens is 5. The first-order valence-electron chi connectivity index (χ1n) is 23.7. The van der Waals surface area contributed by atoms with Gasteiger partial charge in [0.25, 0.3) is 11.8 Å². The normalized spacial score (nSPS) is 20.0. The number of amides is 3. The number of H-pyrrole nitrogens is 1. The van der Waals surface area contributed by atoms with Gasteiger partial charge in [-0.2, -0.15) is 13.2 Å². The number of hydrogen-bond acceptors (Lipinski definition) is 10. The highest BCUT2D eigenvalue weighted by Gasteiger charge is 2.39. The summed E-state index contributed by atoms with van der Waals surface area (Å²) in [5, 5.41) is 15.7. The zero-order valence-corrected chi connectivity index (χ0v) is 40.7. The molecule has 75 heavy (non-hydrogen) atoms. The first-order valence-corrected chi connectivity index (χ1v) is 24.5. The lowest BCUT2D eigenvalue weighted by Crippen LogP contribution is -2.45. The van der Waals surface area contributed by atoms with Gasteiger partial charge in [0.15, 0.2) is 0 Å². The van der Waals surface area contributed by atoms with Gasteiger partial charge in [-0.15, -0.1) is 0 Å². The van der Waals surface area contributed by atoms with Gasteiger partial charge in [0.1, 0.15) is 12.3 Å². The molecule has 3 amide bonds. The minimum absolute atomic E-state index is 0. The SMILES string of the molecule is C.Nc1ccc(C(=O)NC2CC(F)CC(Nc3ncc(Cl)c(-c4c[nH]c5ccccc45)n3)C2)cc1.O=C(NC1CC(F)CC(Nc2ncc(Cl)c(C3=CCc4ccccc43)n2)C1)c1ccc(NC(=O)C(F)(F)F)cc1. The summed E-state index contributed by atoms with van der Waals surface area (Å²) in [5.41, 5.74) is 13.0. The Balaban J connectivity index is 0.000000199. The van der Waals surface area contributed by atoms with Crippen molar-refractivity contribution in [1.29, 1.82) is 0 Å². The van der Waals surface area contributed by atoms with Crippen LogP contribution in [0.3, 0.4) is 0 Å². The number of hydrogen-bond donors (Lipinski definition) is 7. The van der Waals surface area contributed by atoms with Crippen molar-refractivity contribution in [3.05, 3.63) is 160 Å². The van der Waals surface area contributed by atoms with Gasteiger partial charge in [-0.05, 0) is 111 Å². The largest absolute Gasteiger partial charge is 0.471 e. The molecule has 6 atom stereocenters. The Morgan fingerprint density at radius 1 is 0.640 bits per heavy atom. The number of aromatic amines is 1. The molecule has 0 saturated heterocycles. The number of nitrogens with zero attached hydrogens (tertiary/aromatic N) is 4. The lowest BCUT2D eigenvalue weighted by atomic mass is 9.89. The molecule has 3 aliphatic carbocycles. The van der Waals surface area contributed by atoms with Crippen molar-refractivity contribution in [3.8, 4) is 11.3 Å². The third-order valence-corrected chi connectivity index (χ3v) is 13.4. The lowest BCUT2D eigenvalue weighted by Gasteiger charge is -2.32. The van der Waals surface area contributed by atoms with Gasteiger partial charge in [0, 0.05) is 74.9 Å². The minimum atomic E-state index is -5.03. The van der Waals surface area contributed by atoms with Gasteiger partial charge in [0.05, 0.1) is 33.8 Å². The van der Waals surface area contributed by atoms with E-state index in [9.17, 15) is 36.3 Å². The number of rotatable bonds is 11. The van der Waals surface area contributed by atoms with Crippen molar-refractivity contribution in [2.24, 2.45) is 0 Å². The van der Waals surface area contributed by atoms with Crippen molar-refractivity contribution < 1.29 is 36.3 Å². The number of carbonyl (C=O) groups is 3. The Bertz CT molecular complexity index is 3210. The highest BCUT2D eigenvalue weighted by molar-refractivity contribution is 6.33. The van der Waals surface area contributed by atoms with E-state index in [4.69, 9.17) is 28.9 Å². The summed E-state index contributed by atoms with van der Waals surface area (Å²) in [6.07, 6.45) is 2.32. The van der Waals surface area contributed by atoms with Gasteiger partial charge in [-0.25, -0.2) is 28.7 Å². The van der Waals surface area contributed by atoms with E-state index in [0.717, 1.165) is 34.0 Å². The summed E-state index contributed by atoms with van der Waals surface area (Å²) in [6, 6.07) is 26.0. The second kappa shape index (κ2) is 23.3. The second-order valence-electron chi connectivity index (χ2n) is 18.3. The van der Waals surface area contributed by atoms with Crippen LogP contribution in [0.25, 0.3) is 27.7 Å². The first-order chi connectivity index (χ1) is 35.5. The van der Waals surface area contributed by atoms with E-state index in [1.54, 1.807) is 35.8 Å². The fraction of sp³-hybridized carbons (Fsp3) is 0.278. The van der Waals surface area contributed by atoms with Gasteiger partial charge in [-0.1, -0.05) is 79.2 Å². The summed E-state index contributed by atoms with van der Waals surface area (Å²) in [5.74, 6) is -2.20. The van der Waals surface area contributed by atoms with Crippen LogP contribution in [0.1, 0.15) is 83.5 Å². The van der Waals surface area contributed by atoms with Gasteiger partial charge in [-0.3, -0.25) is 14.4 Å². The van der Waals surface area contributed by atoms with E-state index >= 15 is 0 Å². The van der Waals surface area contributed by atoms with Crippen molar-refractivity contribution in [1.82, 2.24) is 35.6 Å². The average Bonchev–Trinajstić information content (AvgIpc) is 4.00. The van der Waals surface area contributed by atoms with Crippen LogP contribution in [0.4, 0.5) is 45.2 Å². The monoisotopic (exact) mass is 1070 g/mol. The molecule has 2 fully saturated rings. The number of nitrogens with two attached hydrogens (primary N) is 1. The van der Waals surface area contributed by atoms with E-state index in [-0.39, 0.29) is 62.0 Å². The predicted octanol–water partition coefficient (Wildman–Crippen LogP) is 11.3. The molecule has 2 saturated carbocycles. The number of allylic oxidation sites excluding steroid dienone is 1. The molecular formula is C54H52Cl2F5N11O3. The van der Waals surface area contributed by atoms with E-state index in [1.807, 2.05) is 54.7 Å². The molecule has 7 aromatic rings. The fourth-order valence-corrected chi connectivity index (χ4v) is 9.83. The molecule has 21 heteroatoms. The third kappa shape index (κ3) is 13.2. The molecule has 8 N–H and O–H groups in total. The molecule has 10 rings (SSSR count). The highest BCUT2D eigenvalue weighted by atomic mass is 35.5. The van der Waals surface area contributed by atoms with Gasteiger partial charge < -0.3 is 37.3 Å². The summed E-state index contributed by atoms with van der Waals surface area (Å²) >= 11 is 12.9. The van der Waals surface area contributed by atoms with Crippen LogP contribution in [0.15, 0.2) is 122 Å². The van der Waals surface area contributed by atoms with E-state index < -0.39 is 36.4 Å². The first kappa shape index (κ1) is 53.6. The van der Waals surface area contributed by atoms with Crippen LogP contribution in [0.5, 0.6) is 0 Å². The molecule has 3 heterocycles. The number of anilines is 4.